The Morgan fingerprint density at radius 3 is 2.50 bits per heavy atom. The average molecular weight is 229 g/mol. The molecule has 3 nitrogen and oxygen atoms in total. The van der Waals surface area contributed by atoms with Crippen molar-refractivity contribution < 1.29 is 26.1 Å². The Kier molecular flexibility index (Phi) is 6.09. The molecule has 14 heavy (non-hydrogen) atoms. The molecular formula is C10H10O3V. The molecule has 0 aliphatic heterocycles. The first-order valence-electron chi connectivity index (χ1n) is 3.96. The van der Waals surface area contributed by atoms with Crippen LogP contribution in [0, 0.1) is 12.1 Å². The van der Waals surface area contributed by atoms with Crippen molar-refractivity contribution >= 4 is 0 Å². The van der Waals surface area contributed by atoms with Crippen molar-refractivity contribution in [3.63, 3.8) is 0 Å². The predicted octanol–water partition coefficient (Wildman–Crippen LogP) is 1.35. The van der Waals surface area contributed by atoms with Gasteiger partial charge < -0.3 is 16.0 Å². The van der Waals surface area contributed by atoms with Crippen LogP contribution in [-0.4, -0.2) is 5.11 Å². The summed E-state index contributed by atoms with van der Waals surface area (Å²) in [5.41, 5.74) is 0.299. The van der Waals surface area contributed by atoms with Crippen molar-refractivity contribution in [1.82, 2.24) is 0 Å². The third-order valence-electron chi connectivity index (χ3n) is 1.54. The molecule has 1 N–H and O–H groups in total. The monoisotopic (exact) mass is 229 g/mol. The van der Waals surface area contributed by atoms with E-state index in [1.54, 1.807) is 0 Å². The van der Waals surface area contributed by atoms with Gasteiger partial charge in [-0.05, 0) is 0 Å². The van der Waals surface area contributed by atoms with Gasteiger partial charge in [-0.25, -0.2) is 6.07 Å². The second-order valence-electron chi connectivity index (χ2n) is 2.88. The van der Waals surface area contributed by atoms with E-state index in [2.05, 4.69) is 12.1 Å². The molecule has 0 radical (unpaired) electrons. The Morgan fingerprint density at radius 1 is 1.43 bits per heavy atom. The van der Waals surface area contributed by atoms with Gasteiger partial charge in [0.2, 0.25) is 0 Å². The van der Waals surface area contributed by atoms with Gasteiger partial charge in [-0.15, -0.1) is 0 Å². The Bertz CT molecular complexity index is 350. The van der Waals surface area contributed by atoms with E-state index in [1.165, 1.54) is 12.1 Å². The van der Waals surface area contributed by atoms with Crippen LogP contribution >= 0.6 is 0 Å². The second kappa shape index (κ2) is 6.52. The van der Waals surface area contributed by atoms with Crippen LogP contribution in [0.2, 0.25) is 0 Å². The molecule has 0 amide bonds. The second-order valence-corrected chi connectivity index (χ2v) is 2.88. The topological polar surface area (TPSA) is 54.4 Å². The van der Waals surface area contributed by atoms with Gasteiger partial charge in [0.25, 0.3) is 0 Å². The molecule has 0 atom stereocenters. The SMILES string of the molecule is CC(C)c1[c-]ccc(=O)c(O)[c-]1.[O]=[V+2]. The van der Waals surface area contributed by atoms with E-state index < -0.39 is 5.43 Å². The minimum absolute atomic E-state index is 0.211. The molecule has 0 saturated heterocycles. The minimum atomic E-state index is -0.418. The molecule has 1 aromatic rings. The first-order chi connectivity index (χ1) is 6.61. The van der Waals surface area contributed by atoms with E-state index in [1.807, 2.05) is 13.8 Å². The molecule has 1 rings (SSSR count). The predicted molar refractivity (Wildman–Crippen MR) is 46.8 cm³/mol. The Balaban J connectivity index is 0.000000791. The summed E-state index contributed by atoms with van der Waals surface area (Å²) in [4.78, 5) is 10.9. The zero-order valence-corrected chi connectivity index (χ0v) is 9.34. The molecule has 0 bridgehead atoms. The molecule has 0 unspecified atom stereocenters. The van der Waals surface area contributed by atoms with E-state index in [4.69, 9.17) is 8.78 Å². The molecule has 0 fully saturated rings. The molecule has 0 aromatic heterocycles. The van der Waals surface area contributed by atoms with Crippen LogP contribution < -0.4 is 5.43 Å². The van der Waals surface area contributed by atoms with Crippen LogP contribution in [0.4, 0.5) is 0 Å². The molecule has 0 saturated carbocycles. The van der Waals surface area contributed by atoms with E-state index >= 15 is 0 Å². The molecule has 1 aromatic carbocycles. The van der Waals surface area contributed by atoms with Gasteiger partial charge in [-0.1, -0.05) is 19.8 Å². The Morgan fingerprint density at radius 2 is 2.00 bits per heavy atom. The van der Waals surface area contributed by atoms with Gasteiger partial charge in [0.05, 0.1) is 5.43 Å². The number of hydrogen-bond acceptors (Lipinski definition) is 3. The van der Waals surface area contributed by atoms with Gasteiger partial charge in [-0.3, -0.25) is 17.7 Å². The van der Waals surface area contributed by atoms with Gasteiger partial charge in [0.1, 0.15) is 0 Å². The van der Waals surface area contributed by atoms with Crippen molar-refractivity contribution in [3.8, 4) is 5.75 Å². The maximum atomic E-state index is 10.9. The molecular weight excluding hydrogens is 219 g/mol. The summed E-state index contributed by atoms with van der Waals surface area (Å²) < 4.78 is 8.19. The van der Waals surface area contributed by atoms with Crippen LogP contribution in [-0.2, 0) is 21.0 Å². The standard InChI is InChI=1S/C10H10O2.O.V/c1-7(2)8-4-3-5-9(11)10(12)6-8;;/h3,5,7H,1-2H3,(H,11,12);;/q-2;;+2. The van der Waals surface area contributed by atoms with Crippen LogP contribution in [0.15, 0.2) is 16.9 Å². The fourth-order valence-corrected chi connectivity index (χ4v) is 0.822. The number of hydrogen-bond donors (Lipinski definition) is 1. The fraction of sp³-hybridized carbons (Fsp3) is 0.300. The van der Waals surface area contributed by atoms with Crippen molar-refractivity contribution in [2.75, 3.05) is 0 Å². The van der Waals surface area contributed by atoms with Crippen LogP contribution in [0.25, 0.3) is 0 Å². The van der Waals surface area contributed by atoms with Gasteiger partial charge in [-0.2, -0.15) is 0 Å². The summed E-state index contributed by atoms with van der Waals surface area (Å²) in [7, 11) is 0. The maximum absolute atomic E-state index is 10.9. The molecule has 0 aliphatic rings. The van der Waals surface area contributed by atoms with E-state index in [0.29, 0.717) is 0 Å². The third-order valence-corrected chi connectivity index (χ3v) is 1.54. The molecule has 0 spiro atoms. The van der Waals surface area contributed by atoms with Gasteiger partial charge in [0, 0.05) is 5.75 Å². The normalized spacial score (nSPS) is 9.21. The quantitative estimate of drug-likeness (QED) is 0.739. The van der Waals surface area contributed by atoms with E-state index in [0.717, 1.165) is 22.9 Å². The van der Waals surface area contributed by atoms with Crippen LogP contribution in [0.3, 0.4) is 0 Å². The Labute approximate surface area is 92.0 Å². The van der Waals surface area contributed by atoms with Crippen molar-refractivity contribution in [3.05, 3.63) is 40.1 Å². The van der Waals surface area contributed by atoms with E-state index in [9.17, 15) is 4.79 Å². The zero-order valence-electron chi connectivity index (χ0n) is 7.94. The number of rotatable bonds is 1. The summed E-state index contributed by atoms with van der Waals surface area (Å²) in [6, 6.07) is 8.24. The summed E-state index contributed by atoms with van der Waals surface area (Å²) >= 11 is 1.06. The van der Waals surface area contributed by atoms with Crippen molar-refractivity contribution in [2.45, 2.75) is 19.8 Å². The van der Waals surface area contributed by atoms with Gasteiger partial charge in [0.15, 0.2) is 0 Å². The molecule has 0 heterocycles. The van der Waals surface area contributed by atoms with E-state index in [-0.39, 0.29) is 11.7 Å². The van der Waals surface area contributed by atoms with Crippen LogP contribution in [0.1, 0.15) is 25.3 Å². The molecule has 4 heteroatoms. The van der Waals surface area contributed by atoms with Crippen molar-refractivity contribution in [2.24, 2.45) is 0 Å². The van der Waals surface area contributed by atoms with Gasteiger partial charge >= 0.3 is 21.0 Å². The fourth-order valence-electron chi connectivity index (χ4n) is 0.822. The molecule has 0 aliphatic carbocycles. The van der Waals surface area contributed by atoms with Crippen LogP contribution in [0.5, 0.6) is 5.75 Å². The Hall–Kier alpha value is -0.926. The average Bonchev–Trinajstić information content (AvgIpc) is 2.33. The number of aromatic hydroxyl groups is 1. The summed E-state index contributed by atoms with van der Waals surface area (Å²) in [6.45, 7) is 3.90. The van der Waals surface area contributed by atoms with Crippen molar-refractivity contribution in [1.29, 1.82) is 0 Å². The first kappa shape index (κ1) is 13.1. The summed E-state index contributed by atoms with van der Waals surface area (Å²) in [6.07, 6.45) is 0. The third kappa shape index (κ3) is 3.86. The first-order valence-corrected chi connectivity index (χ1v) is 4.53. The zero-order chi connectivity index (χ0) is 11.1. The summed E-state index contributed by atoms with van der Waals surface area (Å²) in [5.74, 6) is -0.123. The molecule has 73 valence electrons. The summed E-state index contributed by atoms with van der Waals surface area (Å²) in [5, 5.41) is 9.12.